The van der Waals surface area contributed by atoms with Crippen molar-refractivity contribution < 1.29 is 100 Å². The van der Waals surface area contributed by atoms with E-state index < -0.39 is 78.4 Å². The largest absolute Gasteiger partial charge is 0.488 e. The molecule has 0 saturated carbocycles. The van der Waals surface area contributed by atoms with Crippen molar-refractivity contribution in [2.75, 3.05) is 96.3 Å². The SMILES string of the molecule is CC[C@H](C)[C@H](NC(=O)OC)C(=O)N1C[C@@H](C)CC1c1ncc(-c2ccc3c(c2)COc2cc4c(ccc5[nH]c([C@@H]6C[C@H](COC)CN6C(=O)OC(C)(C)C)nc54)cc2-3)[nH]1.COC(=O)N[C@H](C(=O)O)[C@@H](C)OC.COC[C@H]1C[C@@H](c2nc3c(ccc4cc5c(cc43)OCc3cc(-c4cnc(C6C[C@H](C)CN6C(=O)[C@@H](NC(=O)OC)C(C)C)[nH]4)ccc3-5)[nH]2)N(C(=O)C(NC(=O)OC)[C@@H](C)OC)C1. The third-order valence-electron chi connectivity index (χ3n) is 26.3. The Hall–Kier alpha value is -13.1. The number of methoxy groups -OCH3 is 8. The molecule has 37 heteroatoms. The van der Waals surface area contributed by atoms with Gasteiger partial charge in [-0.3, -0.25) is 19.3 Å². The maximum absolute atomic E-state index is 14.1. The number of hydrogen-bond acceptors (Lipinski definition) is 24. The van der Waals surface area contributed by atoms with Crippen LogP contribution in [0.5, 0.6) is 11.5 Å². The lowest BCUT2D eigenvalue weighted by molar-refractivity contribution is -0.142. The van der Waals surface area contributed by atoms with Crippen molar-refractivity contribution in [1.82, 2.24) is 80.7 Å². The van der Waals surface area contributed by atoms with Crippen LogP contribution in [0.2, 0.25) is 0 Å². The number of ether oxygens (including phenoxy) is 11. The maximum atomic E-state index is 14.1. The molecule has 16 rings (SSSR count). The molecule has 37 nitrogen and oxygen atoms in total. The Morgan fingerprint density at radius 2 is 0.874 bits per heavy atom. The van der Waals surface area contributed by atoms with E-state index >= 15 is 0 Å². The summed E-state index contributed by atoms with van der Waals surface area (Å²) in [5.41, 5.74) is 12.5. The molecule has 0 aliphatic carbocycles. The van der Waals surface area contributed by atoms with Crippen molar-refractivity contribution in [3.05, 3.63) is 132 Å². The first kappa shape index (κ1) is 97.9. The summed E-state index contributed by atoms with van der Waals surface area (Å²) in [6, 6.07) is 24.6. The molecule has 135 heavy (non-hydrogen) atoms. The standard InChI is InChI=1S/C46H56N8O9.C45H55N7O7.C7H13NO5/c1-23(2)38(51-45(57)61-7)43(55)53-19-24(3)13-35(53)41-47-18-34(49-41)28-9-11-30-29(15-28)22-63-37-17-31-27(16-32(30)37)10-12-33-40(31)50-42(48-33)36-14-26(21-59-5)20-54(36)44(56)39(25(4)60-6)52-46(58)62-8;1-9-25(3)38(50-43(54)57-8)42(53)51-20-24(2)14-35(51)40-46-19-34(48-40)28-10-12-30-29(16-28)23-58-37-18-31-27(17-32(30)37)11-13-33-39(31)49-41(47-33)36-15-26(22-56-7)21-52(36)44(55)59-45(4,5)6;1-4(12-2)5(6(9)10)8-7(11)13-3/h9-12,15-18,23-26,35-36,38-39H,13-14,19-22H2,1-8H3,(H,47,49)(H,48,50)(H,51,57)(H,52,58);10-13,16-19,24-26,35-36,38H,9,14-15,20-23H2,1-8H3,(H,46,48)(H,47,49)(H,50,54);4-5H,1-3H3,(H,8,11)(H,9,10)/t24-,25+,26-,35?,36-,38-,39?;24-,25-,26-,35?,36-,38-;4-,5+/m001/s1. The van der Waals surface area contributed by atoms with Crippen molar-refractivity contribution in [3.63, 3.8) is 0 Å². The lowest BCUT2D eigenvalue weighted by atomic mass is 9.92. The van der Waals surface area contributed by atoms with Gasteiger partial charge in [-0.05, 0) is 177 Å². The number of imidazole rings is 4. The summed E-state index contributed by atoms with van der Waals surface area (Å²) < 4.78 is 58.6. The van der Waals surface area contributed by atoms with Crippen molar-refractivity contribution in [3.8, 4) is 56.3 Å². The van der Waals surface area contributed by atoms with Gasteiger partial charge in [0.05, 0.1) is 124 Å². The van der Waals surface area contributed by atoms with E-state index in [1.807, 2.05) is 82.7 Å². The minimum absolute atomic E-state index is 0.0554. The molecule has 6 aliphatic heterocycles. The fourth-order valence-electron chi connectivity index (χ4n) is 19.0. The van der Waals surface area contributed by atoms with E-state index in [0.717, 1.165) is 155 Å². The van der Waals surface area contributed by atoms with Gasteiger partial charge in [-0.1, -0.05) is 84.4 Å². The van der Waals surface area contributed by atoms with Crippen LogP contribution in [-0.2, 0) is 75.0 Å². The quantitative estimate of drug-likeness (QED) is 0.0240. The van der Waals surface area contributed by atoms with Crippen molar-refractivity contribution in [1.29, 1.82) is 0 Å². The predicted molar refractivity (Wildman–Crippen MR) is 501 cm³/mol. The number of carboxylic acids is 1. The topological polar surface area (TPSA) is 451 Å². The van der Waals surface area contributed by atoms with Crippen molar-refractivity contribution >= 4 is 97.8 Å². The van der Waals surface area contributed by atoms with Crippen LogP contribution in [0.4, 0.5) is 24.0 Å². The minimum Gasteiger partial charge on any atom is -0.488 e. The average molecular weight is 1860 g/mol. The van der Waals surface area contributed by atoms with Crippen LogP contribution < -0.4 is 30.7 Å². The van der Waals surface area contributed by atoms with E-state index in [4.69, 9.17) is 72.4 Å². The first-order chi connectivity index (χ1) is 64.6. The van der Waals surface area contributed by atoms with Crippen LogP contribution in [0.3, 0.4) is 0 Å². The molecule has 0 bridgehead atoms. The number of aliphatic carboxylic acids is 1. The number of nitrogens with one attached hydrogen (secondary N) is 8. The van der Waals surface area contributed by atoms with Crippen LogP contribution in [0.25, 0.3) is 88.4 Å². The molecular weight excluding hydrogens is 1740 g/mol. The van der Waals surface area contributed by atoms with Crippen LogP contribution in [0.15, 0.2) is 97.3 Å². The van der Waals surface area contributed by atoms with Crippen molar-refractivity contribution in [2.24, 2.45) is 35.5 Å². The number of likely N-dealkylation sites (tertiary alicyclic amines) is 4. The molecule has 10 heterocycles. The zero-order valence-electron chi connectivity index (χ0n) is 79.9. The van der Waals surface area contributed by atoms with Crippen LogP contribution in [0.1, 0.15) is 167 Å². The molecule has 722 valence electrons. The number of hydrogen-bond donors (Lipinski definition) is 9. The Bertz CT molecular complexity index is 6040. The van der Waals surface area contributed by atoms with E-state index in [1.165, 1.54) is 42.5 Å². The molecule has 3 unspecified atom stereocenters. The second kappa shape index (κ2) is 41.8. The van der Waals surface area contributed by atoms with E-state index in [9.17, 15) is 43.2 Å². The number of carbonyl (C=O) groups is 9. The molecule has 0 radical (unpaired) electrons. The number of aromatic amines is 4. The highest BCUT2D eigenvalue weighted by Crippen LogP contribution is 2.48. The van der Waals surface area contributed by atoms with Gasteiger partial charge >= 0.3 is 36.4 Å². The Balaban J connectivity index is 0.000000191. The average Bonchev–Trinajstić information content (AvgIpc) is 1.68. The summed E-state index contributed by atoms with van der Waals surface area (Å²) in [4.78, 5) is 154. The summed E-state index contributed by atoms with van der Waals surface area (Å²) >= 11 is 0. The van der Waals surface area contributed by atoms with Gasteiger partial charge in [-0.25, -0.2) is 48.7 Å². The number of benzene rings is 6. The fourth-order valence-corrected chi connectivity index (χ4v) is 19.0. The van der Waals surface area contributed by atoms with Gasteiger partial charge < -0.3 is 113 Å². The molecule has 10 aromatic rings. The molecule has 6 aliphatic rings. The summed E-state index contributed by atoms with van der Waals surface area (Å²) in [5, 5.41) is 22.8. The van der Waals surface area contributed by atoms with Gasteiger partial charge in [0.25, 0.3) is 0 Å². The number of fused-ring (bicyclic) bond motifs is 12. The molecule has 0 spiro atoms. The number of nitrogens with zero attached hydrogens (tertiary/aromatic N) is 8. The minimum atomic E-state index is -1.17. The molecular formula is C98H124N16O21. The van der Waals surface area contributed by atoms with Gasteiger partial charge in [0.1, 0.15) is 71.7 Å². The Kier molecular flexibility index (Phi) is 30.3. The summed E-state index contributed by atoms with van der Waals surface area (Å²) in [5.74, 6) is 3.11. The second-order valence-electron chi connectivity index (χ2n) is 37.3. The zero-order valence-corrected chi connectivity index (χ0v) is 79.9. The molecule has 15 atom stereocenters. The van der Waals surface area contributed by atoms with Gasteiger partial charge in [0, 0.05) is 88.4 Å². The summed E-state index contributed by atoms with van der Waals surface area (Å²) in [6.45, 7) is 24.8. The predicted octanol–water partition coefficient (Wildman–Crippen LogP) is 14.4. The van der Waals surface area contributed by atoms with E-state index in [2.05, 4.69) is 127 Å². The number of amides is 8. The molecule has 4 saturated heterocycles. The van der Waals surface area contributed by atoms with Gasteiger partial charge in [0.15, 0.2) is 6.04 Å². The Labute approximate surface area is 782 Å². The number of rotatable bonds is 25. The second-order valence-corrected chi connectivity index (χ2v) is 37.3. The van der Waals surface area contributed by atoms with E-state index in [0.29, 0.717) is 70.7 Å². The highest BCUT2D eigenvalue weighted by atomic mass is 16.6. The number of carbonyl (C=O) groups excluding carboxylic acids is 8. The van der Waals surface area contributed by atoms with Gasteiger partial charge in [0.2, 0.25) is 17.7 Å². The number of carboxylic acid groups (broad SMARTS) is 1. The third-order valence-corrected chi connectivity index (χ3v) is 26.3. The Morgan fingerprint density at radius 3 is 1.30 bits per heavy atom. The molecule has 8 amide bonds. The van der Waals surface area contributed by atoms with Crippen LogP contribution in [-0.4, -0.2) is 257 Å². The van der Waals surface area contributed by atoms with E-state index in [1.54, 1.807) is 37.1 Å². The monoisotopic (exact) mass is 1860 g/mol. The smallest absolute Gasteiger partial charge is 0.410 e. The normalized spacial score (nSPS) is 20.4. The highest BCUT2D eigenvalue weighted by molar-refractivity contribution is 6.08. The molecule has 9 N–H and O–H groups in total. The molecule has 6 aromatic carbocycles. The first-order valence-corrected chi connectivity index (χ1v) is 45.7. The van der Waals surface area contributed by atoms with Crippen LogP contribution >= 0.6 is 0 Å². The molecule has 4 aromatic heterocycles. The van der Waals surface area contributed by atoms with Gasteiger partial charge in [-0.2, -0.15) is 0 Å². The van der Waals surface area contributed by atoms with Gasteiger partial charge in [-0.15, -0.1) is 0 Å². The van der Waals surface area contributed by atoms with Crippen LogP contribution in [0, 0.1) is 35.5 Å². The maximum Gasteiger partial charge on any atom is 0.410 e. The third kappa shape index (κ3) is 21.2. The zero-order chi connectivity index (χ0) is 96.9. The Morgan fingerprint density at radius 1 is 0.474 bits per heavy atom. The molecule has 4 fully saturated rings. The van der Waals surface area contributed by atoms with E-state index in [-0.39, 0.29) is 77.4 Å². The first-order valence-electron chi connectivity index (χ1n) is 45.7. The lowest BCUT2D eigenvalue weighted by Gasteiger charge is -2.30. The number of H-pyrrole nitrogens is 4. The number of aromatic nitrogens is 8. The highest BCUT2D eigenvalue weighted by Gasteiger charge is 2.47. The summed E-state index contributed by atoms with van der Waals surface area (Å²) in [6.07, 6.45) is 2.85. The number of alkyl carbamates (subject to hydrolysis) is 4. The fraction of sp³-hybridized carbons (Fsp3) is 0.500. The van der Waals surface area contributed by atoms with Crippen molar-refractivity contribution in [2.45, 2.75) is 188 Å². The lowest BCUT2D eigenvalue weighted by Crippen LogP contribution is -2.54. The summed E-state index contributed by atoms with van der Waals surface area (Å²) in [7, 11) is 11.2.